The van der Waals surface area contributed by atoms with Crippen LogP contribution < -0.4 is 0 Å². The first-order valence-corrected chi connectivity index (χ1v) is 7.27. The number of carbonyl (C=O) groups is 1. The zero-order valence-corrected chi connectivity index (χ0v) is 11.7. The van der Waals surface area contributed by atoms with Crippen molar-refractivity contribution in [1.82, 2.24) is 0 Å². The zero-order valence-electron chi connectivity index (χ0n) is 11.7. The van der Waals surface area contributed by atoms with E-state index in [0.29, 0.717) is 6.42 Å². The number of unbranched alkanes of at least 4 members (excludes halogenated alkanes) is 8. The van der Waals surface area contributed by atoms with Crippen molar-refractivity contribution in [2.75, 3.05) is 0 Å². The van der Waals surface area contributed by atoms with Crippen LogP contribution in [0.4, 0.5) is 0 Å². The van der Waals surface area contributed by atoms with Crippen LogP contribution in [0.5, 0.6) is 0 Å². The molecule has 0 bridgehead atoms. The van der Waals surface area contributed by atoms with E-state index in [2.05, 4.69) is 18.2 Å². The molecule has 0 aromatic rings. The molecule has 0 spiro atoms. The third-order valence-corrected chi connectivity index (χ3v) is 2.95. The average molecular weight is 252 g/mol. The van der Waals surface area contributed by atoms with Crippen LogP contribution >= 0.6 is 0 Å². The summed E-state index contributed by atoms with van der Waals surface area (Å²) in [4.78, 5) is 10.3. The molecule has 0 atom stereocenters. The lowest BCUT2D eigenvalue weighted by Gasteiger charge is -2.00. The van der Waals surface area contributed by atoms with E-state index in [1.165, 1.54) is 44.9 Å². The van der Waals surface area contributed by atoms with Crippen LogP contribution in [0.15, 0.2) is 24.3 Å². The summed E-state index contributed by atoms with van der Waals surface area (Å²) in [6, 6.07) is 0. The summed E-state index contributed by atoms with van der Waals surface area (Å²) in [5, 5.41) is 8.48. The third kappa shape index (κ3) is 14.9. The van der Waals surface area contributed by atoms with Crippen LogP contribution in [-0.2, 0) is 4.79 Å². The van der Waals surface area contributed by atoms with Gasteiger partial charge in [0.25, 0.3) is 0 Å². The molecule has 0 aromatic carbocycles. The summed E-state index contributed by atoms with van der Waals surface area (Å²) >= 11 is 0. The van der Waals surface area contributed by atoms with Gasteiger partial charge in [0.05, 0.1) is 0 Å². The highest BCUT2D eigenvalue weighted by Gasteiger charge is 1.96. The van der Waals surface area contributed by atoms with Gasteiger partial charge in [-0.15, -0.1) is 0 Å². The second-order valence-electron chi connectivity index (χ2n) is 4.71. The van der Waals surface area contributed by atoms with Gasteiger partial charge in [0.15, 0.2) is 0 Å². The molecule has 0 radical (unpaired) electrons. The molecule has 0 saturated heterocycles. The van der Waals surface area contributed by atoms with Gasteiger partial charge in [-0.2, -0.15) is 0 Å². The first-order chi connectivity index (χ1) is 8.77. The van der Waals surface area contributed by atoms with Gasteiger partial charge >= 0.3 is 5.97 Å². The van der Waals surface area contributed by atoms with Crippen molar-refractivity contribution < 1.29 is 9.90 Å². The summed E-state index contributed by atoms with van der Waals surface area (Å²) in [6.45, 7) is 2.03. The predicted molar refractivity (Wildman–Crippen MR) is 77.8 cm³/mol. The molecule has 0 saturated carbocycles. The maximum atomic E-state index is 10.3. The highest BCUT2D eigenvalue weighted by atomic mass is 16.4. The third-order valence-electron chi connectivity index (χ3n) is 2.95. The van der Waals surface area contributed by atoms with Gasteiger partial charge in [0.2, 0.25) is 0 Å². The number of carboxylic acids is 1. The van der Waals surface area contributed by atoms with E-state index < -0.39 is 5.97 Å². The van der Waals surface area contributed by atoms with E-state index in [-0.39, 0.29) is 0 Å². The van der Waals surface area contributed by atoms with E-state index >= 15 is 0 Å². The monoisotopic (exact) mass is 252 g/mol. The summed E-state index contributed by atoms with van der Waals surface area (Å²) in [7, 11) is 0. The number of allylic oxidation sites excluding steroid dienone is 4. The smallest absolute Gasteiger partial charge is 0.303 e. The summed E-state index contributed by atoms with van der Waals surface area (Å²) < 4.78 is 0. The maximum Gasteiger partial charge on any atom is 0.303 e. The first kappa shape index (κ1) is 16.9. The van der Waals surface area contributed by atoms with Crippen molar-refractivity contribution in [1.29, 1.82) is 0 Å². The molecule has 0 fully saturated rings. The van der Waals surface area contributed by atoms with E-state index in [9.17, 15) is 4.79 Å². The van der Waals surface area contributed by atoms with Crippen LogP contribution in [0.1, 0.15) is 71.1 Å². The lowest BCUT2D eigenvalue weighted by atomic mass is 10.1. The largest absolute Gasteiger partial charge is 0.481 e. The van der Waals surface area contributed by atoms with Crippen LogP contribution in [0, 0.1) is 0 Å². The molecule has 0 heterocycles. The number of carboxylic acid groups (broad SMARTS) is 1. The minimum atomic E-state index is -0.666. The van der Waals surface area contributed by atoms with E-state index in [4.69, 9.17) is 5.11 Å². The summed E-state index contributed by atoms with van der Waals surface area (Å²) in [6.07, 6.45) is 19.5. The van der Waals surface area contributed by atoms with Crippen LogP contribution in [0.2, 0.25) is 0 Å². The van der Waals surface area contributed by atoms with Crippen molar-refractivity contribution >= 4 is 5.97 Å². The molecular formula is C16H28O2. The molecular weight excluding hydrogens is 224 g/mol. The molecule has 0 unspecified atom stereocenters. The Morgan fingerprint density at radius 1 is 0.889 bits per heavy atom. The van der Waals surface area contributed by atoms with E-state index in [1.54, 1.807) is 0 Å². The van der Waals surface area contributed by atoms with Gasteiger partial charge in [0, 0.05) is 6.42 Å². The van der Waals surface area contributed by atoms with Crippen molar-refractivity contribution in [2.45, 2.75) is 71.1 Å². The Balaban J connectivity index is 3.05. The molecule has 0 aromatic heterocycles. The maximum absolute atomic E-state index is 10.3. The molecule has 1 N–H and O–H groups in total. The summed E-state index contributed by atoms with van der Waals surface area (Å²) in [5.41, 5.74) is 0. The molecule has 2 nitrogen and oxygen atoms in total. The summed E-state index contributed by atoms with van der Waals surface area (Å²) in [5.74, 6) is -0.666. The molecule has 0 aliphatic heterocycles. The molecule has 0 aliphatic carbocycles. The fourth-order valence-corrected chi connectivity index (χ4v) is 1.88. The van der Waals surface area contributed by atoms with Crippen molar-refractivity contribution in [3.8, 4) is 0 Å². The number of aliphatic carboxylic acids is 1. The first-order valence-electron chi connectivity index (χ1n) is 7.27. The van der Waals surface area contributed by atoms with Crippen LogP contribution in [-0.4, -0.2) is 11.1 Å². The molecule has 18 heavy (non-hydrogen) atoms. The Morgan fingerprint density at radius 3 is 2.00 bits per heavy atom. The zero-order chi connectivity index (χ0) is 13.5. The molecule has 0 rings (SSSR count). The van der Waals surface area contributed by atoms with Gasteiger partial charge in [-0.1, -0.05) is 62.8 Å². The van der Waals surface area contributed by atoms with E-state index in [0.717, 1.165) is 12.8 Å². The fourth-order valence-electron chi connectivity index (χ4n) is 1.88. The predicted octanol–water partition coefficient (Wildman–Crippen LogP) is 5.10. The van der Waals surface area contributed by atoms with Gasteiger partial charge in [-0.25, -0.2) is 0 Å². The minimum absolute atomic E-state index is 0.332. The lowest BCUT2D eigenvalue weighted by molar-refractivity contribution is -0.137. The fraction of sp³-hybridized carbons (Fsp3) is 0.688. The highest BCUT2D eigenvalue weighted by molar-refractivity contribution is 5.66. The standard InChI is InChI=1S/C16H28O2/c1-2-3-4-5-6-7-8-9-10-11-12-13-14-15-16(17)18/h2-5H,6-15H2,1H3,(H,17,18). The number of rotatable bonds is 12. The minimum Gasteiger partial charge on any atom is -0.481 e. The van der Waals surface area contributed by atoms with Gasteiger partial charge in [-0.05, 0) is 26.2 Å². The second kappa shape index (κ2) is 14.0. The average Bonchev–Trinajstić information content (AvgIpc) is 2.34. The number of hydrogen-bond donors (Lipinski definition) is 1. The molecule has 104 valence electrons. The topological polar surface area (TPSA) is 37.3 Å². The number of hydrogen-bond acceptors (Lipinski definition) is 1. The highest BCUT2D eigenvalue weighted by Crippen LogP contribution is 2.10. The normalized spacial score (nSPS) is 11.6. The van der Waals surface area contributed by atoms with Gasteiger partial charge in [0.1, 0.15) is 0 Å². The van der Waals surface area contributed by atoms with E-state index in [1.807, 2.05) is 13.0 Å². The Hall–Kier alpha value is -1.05. The lowest BCUT2D eigenvalue weighted by Crippen LogP contribution is -1.93. The van der Waals surface area contributed by atoms with Crippen LogP contribution in [0.25, 0.3) is 0 Å². The van der Waals surface area contributed by atoms with Crippen molar-refractivity contribution in [3.05, 3.63) is 24.3 Å². The van der Waals surface area contributed by atoms with Crippen LogP contribution in [0.3, 0.4) is 0 Å². The van der Waals surface area contributed by atoms with Crippen molar-refractivity contribution in [3.63, 3.8) is 0 Å². The Labute approximate surface area is 112 Å². The molecule has 0 amide bonds. The molecule has 0 aliphatic rings. The second-order valence-corrected chi connectivity index (χ2v) is 4.71. The quantitative estimate of drug-likeness (QED) is 0.387. The Bertz CT molecular complexity index is 241. The van der Waals surface area contributed by atoms with Crippen molar-refractivity contribution in [2.24, 2.45) is 0 Å². The Kier molecular flexibility index (Phi) is 13.2. The van der Waals surface area contributed by atoms with Gasteiger partial charge in [-0.3, -0.25) is 4.79 Å². The molecule has 2 heteroatoms. The van der Waals surface area contributed by atoms with Gasteiger partial charge < -0.3 is 5.11 Å². The Morgan fingerprint density at radius 2 is 1.44 bits per heavy atom. The SMILES string of the molecule is CC=CC=CCCCCCCCCCCC(=O)O.